The molecular weight excluding hydrogens is 442 g/mol. The molecule has 2 heterocycles. The zero-order valence-corrected chi connectivity index (χ0v) is 19.7. The van der Waals surface area contributed by atoms with Crippen LogP contribution in [0.25, 0.3) is 0 Å². The first-order valence-electron chi connectivity index (χ1n) is 9.93. The minimum absolute atomic E-state index is 0.180. The molecule has 0 spiro atoms. The van der Waals surface area contributed by atoms with E-state index in [0.29, 0.717) is 23.1 Å². The maximum atomic E-state index is 12.7. The summed E-state index contributed by atoms with van der Waals surface area (Å²) < 4.78 is 27.7. The number of carbonyl (C=O) groups is 1. The molecule has 8 nitrogen and oxygen atoms in total. The van der Waals surface area contributed by atoms with Gasteiger partial charge in [0.05, 0.1) is 10.1 Å². The third-order valence-electron chi connectivity index (χ3n) is 4.54. The predicted octanol–water partition coefficient (Wildman–Crippen LogP) is 3.65. The van der Waals surface area contributed by atoms with Crippen LogP contribution >= 0.6 is 23.1 Å². The number of hydrogen-bond acceptors (Lipinski definition) is 8. The highest BCUT2D eigenvalue weighted by Gasteiger charge is 2.26. The van der Waals surface area contributed by atoms with E-state index in [1.54, 1.807) is 31.2 Å². The van der Waals surface area contributed by atoms with Crippen LogP contribution in [-0.4, -0.2) is 53.2 Å². The van der Waals surface area contributed by atoms with Crippen LogP contribution in [-0.2, 0) is 14.8 Å². The van der Waals surface area contributed by atoms with Crippen LogP contribution in [0.15, 0.2) is 33.5 Å². The minimum Gasteiger partial charge on any atom is -0.358 e. The number of hydrogen-bond donors (Lipinski definition) is 2. The summed E-state index contributed by atoms with van der Waals surface area (Å²) in [5.41, 5.74) is 0.560. The fourth-order valence-corrected chi connectivity index (χ4v) is 6.53. The number of carbonyl (C=O) groups excluding carboxylic acids is 1. The summed E-state index contributed by atoms with van der Waals surface area (Å²) in [4.78, 5) is 12.8. The summed E-state index contributed by atoms with van der Waals surface area (Å²) in [5, 5.41) is 14.5. The summed E-state index contributed by atoms with van der Waals surface area (Å²) in [6.07, 6.45) is 2.86. The smallest absolute Gasteiger partial charge is 0.243 e. The van der Waals surface area contributed by atoms with Gasteiger partial charge >= 0.3 is 0 Å². The molecule has 1 fully saturated rings. The molecule has 0 saturated carbocycles. The Hall–Kier alpha value is -1.69. The Morgan fingerprint density at radius 3 is 2.40 bits per heavy atom. The van der Waals surface area contributed by atoms with Crippen molar-refractivity contribution < 1.29 is 13.2 Å². The Morgan fingerprint density at radius 2 is 1.77 bits per heavy atom. The lowest BCUT2D eigenvalue weighted by Crippen LogP contribution is -2.35. The molecule has 11 heteroatoms. The van der Waals surface area contributed by atoms with Crippen molar-refractivity contribution >= 4 is 49.8 Å². The molecule has 164 valence electrons. The van der Waals surface area contributed by atoms with E-state index in [-0.39, 0.29) is 22.1 Å². The number of benzene rings is 1. The number of nitrogens with zero attached hydrogens (tertiary/aromatic N) is 3. The van der Waals surface area contributed by atoms with Gasteiger partial charge in [-0.15, -0.1) is 10.2 Å². The van der Waals surface area contributed by atoms with Crippen molar-refractivity contribution in [3.63, 3.8) is 0 Å². The highest BCUT2D eigenvalue weighted by molar-refractivity contribution is 8.02. The number of rotatable bonds is 8. The van der Waals surface area contributed by atoms with Gasteiger partial charge in [0.15, 0.2) is 4.34 Å². The molecule has 0 radical (unpaired) electrons. The van der Waals surface area contributed by atoms with E-state index in [1.165, 1.54) is 27.4 Å². The molecule has 0 aliphatic carbocycles. The van der Waals surface area contributed by atoms with E-state index < -0.39 is 10.0 Å². The standard InChI is InChI=1S/C19H27N5O3S3/c1-13(2)20-18-22-23-19(29-18)28-14(3)17(25)21-15-7-9-16(10-8-15)30(26,27)24-11-5-4-6-12-24/h7-10,13-14H,4-6,11-12H2,1-3H3,(H,20,22)(H,21,25). The van der Waals surface area contributed by atoms with E-state index in [1.807, 2.05) is 13.8 Å². The van der Waals surface area contributed by atoms with E-state index in [2.05, 4.69) is 20.8 Å². The molecule has 2 aromatic rings. The highest BCUT2D eigenvalue weighted by atomic mass is 32.2. The largest absolute Gasteiger partial charge is 0.358 e. The van der Waals surface area contributed by atoms with Crippen molar-refractivity contribution in [1.29, 1.82) is 0 Å². The normalized spacial score (nSPS) is 16.4. The fourth-order valence-electron chi connectivity index (χ4n) is 2.98. The van der Waals surface area contributed by atoms with Gasteiger partial charge in [-0.2, -0.15) is 4.31 Å². The molecule has 30 heavy (non-hydrogen) atoms. The summed E-state index contributed by atoms with van der Waals surface area (Å²) in [6.45, 7) is 6.97. The molecule has 2 N–H and O–H groups in total. The Kier molecular flexibility index (Phi) is 7.72. The molecule has 1 unspecified atom stereocenters. The van der Waals surface area contributed by atoms with Gasteiger partial charge < -0.3 is 10.6 Å². The van der Waals surface area contributed by atoms with Gasteiger partial charge in [0.25, 0.3) is 0 Å². The number of piperidine rings is 1. The molecule has 1 aromatic carbocycles. The number of thioether (sulfide) groups is 1. The number of aromatic nitrogens is 2. The van der Waals surface area contributed by atoms with Crippen molar-refractivity contribution in [2.24, 2.45) is 0 Å². The molecule has 1 aliphatic rings. The molecule has 0 bridgehead atoms. The van der Waals surface area contributed by atoms with Crippen LogP contribution in [0, 0.1) is 0 Å². The van der Waals surface area contributed by atoms with Gasteiger partial charge in [-0.1, -0.05) is 29.5 Å². The van der Waals surface area contributed by atoms with Crippen molar-refractivity contribution in [1.82, 2.24) is 14.5 Å². The number of nitrogens with one attached hydrogen (secondary N) is 2. The molecule has 1 aromatic heterocycles. The average Bonchev–Trinajstić information content (AvgIpc) is 3.15. The summed E-state index contributed by atoms with van der Waals surface area (Å²) >= 11 is 2.75. The first-order valence-corrected chi connectivity index (χ1v) is 13.1. The van der Waals surface area contributed by atoms with E-state index in [0.717, 1.165) is 24.4 Å². The van der Waals surface area contributed by atoms with Gasteiger partial charge in [0.2, 0.25) is 21.1 Å². The van der Waals surface area contributed by atoms with Crippen molar-refractivity contribution in [2.75, 3.05) is 23.7 Å². The van der Waals surface area contributed by atoms with Crippen LogP contribution in [0.5, 0.6) is 0 Å². The van der Waals surface area contributed by atoms with Gasteiger partial charge in [0.1, 0.15) is 0 Å². The Labute approximate surface area is 185 Å². The van der Waals surface area contributed by atoms with Crippen molar-refractivity contribution in [2.45, 2.75) is 60.6 Å². The minimum atomic E-state index is -3.47. The Morgan fingerprint density at radius 1 is 1.10 bits per heavy atom. The third kappa shape index (κ3) is 5.93. The first kappa shape index (κ1) is 23.0. The zero-order chi connectivity index (χ0) is 21.7. The van der Waals surface area contributed by atoms with E-state index in [4.69, 9.17) is 0 Å². The van der Waals surface area contributed by atoms with Gasteiger partial charge in [-0.3, -0.25) is 4.79 Å². The van der Waals surface area contributed by atoms with Crippen LogP contribution in [0.2, 0.25) is 0 Å². The fraction of sp³-hybridized carbons (Fsp3) is 0.526. The third-order valence-corrected chi connectivity index (χ3v) is 8.49. The van der Waals surface area contributed by atoms with E-state index in [9.17, 15) is 13.2 Å². The Balaban J connectivity index is 1.58. The molecule has 1 saturated heterocycles. The highest BCUT2D eigenvalue weighted by Crippen LogP contribution is 2.30. The van der Waals surface area contributed by atoms with Crippen molar-refractivity contribution in [3.05, 3.63) is 24.3 Å². The summed E-state index contributed by atoms with van der Waals surface area (Å²) in [6, 6.07) is 6.61. The number of sulfonamides is 1. The van der Waals surface area contributed by atoms with Crippen LogP contribution in [0.1, 0.15) is 40.0 Å². The summed E-state index contributed by atoms with van der Waals surface area (Å²) in [5.74, 6) is -0.180. The second-order valence-electron chi connectivity index (χ2n) is 7.41. The van der Waals surface area contributed by atoms with Crippen LogP contribution in [0.3, 0.4) is 0 Å². The molecule has 1 atom stereocenters. The second-order valence-corrected chi connectivity index (χ2v) is 11.9. The van der Waals surface area contributed by atoms with Crippen LogP contribution in [0.4, 0.5) is 10.8 Å². The topological polar surface area (TPSA) is 104 Å². The number of amides is 1. The predicted molar refractivity (Wildman–Crippen MR) is 122 cm³/mol. The number of anilines is 2. The van der Waals surface area contributed by atoms with Gasteiger partial charge in [-0.05, 0) is 57.9 Å². The summed E-state index contributed by atoms with van der Waals surface area (Å²) in [7, 11) is -3.47. The van der Waals surface area contributed by atoms with Crippen molar-refractivity contribution in [3.8, 4) is 0 Å². The van der Waals surface area contributed by atoms with E-state index >= 15 is 0 Å². The molecule has 3 rings (SSSR count). The maximum Gasteiger partial charge on any atom is 0.243 e. The second kappa shape index (κ2) is 10.1. The maximum absolute atomic E-state index is 12.7. The first-order chi connectivity index (χ1) is 14.3. The lowest BCUT2D eigenvalue weighted by molar-refractivity contribution is -0.115. The van der Waals surface area contributed by atoms with Crippen LogP contribution < -0.4 is 10.6 Å². The Bertz CT molecular complexity index is 954. The lowest BCUT2D eigenvalue weighted by atomic mass is 10.2. The van der Waals surface area contributed by atoms with Gasteiger partial charge in [0, 0.05) is 24.8 Å². The zero-order valence-electron chi connectivity index (χ0n) is 17.3. The quantitative estimate of drug-likeness (QED) is 0.569. The monoisotopic (exact) mass is 469 g/mol. The SMILES string of the molecule is CC(C)Nc1nnc(SC(C)C(=O)Nc2ccc(S(=O)(=O)N3CCCCC3)cc2)s1. The molecule has 1 amide bonds. The molecular formula is C19H27N5O3S3. The average molecular weight is 470 g/mol. The lowest BCUT2D eigenvalue weighted by Gasteiger charge is -2.25. The van der Waals surface area contributed by atoms with Gasteiger partial charge in [-0.25, -0.2) is 8.42 Å². The molecule has 1 aliphatic heterocycles.